The molecule has 0 aromatic heterocycles. The zero-order valence-corrected chi connectivity index (χ0v) is 10.8. The SMILES string of the molecule is C=CC(=O)N(CC)Cc1ccc(N(C)C)cc1. The molecule has 0 saturated heterocycles. The molecule has 0 saturated carbocycles. The van der Waals surface area contributed by atoms with E-state index < -0.39 is 0 Å². The number of carbonyl (C=O) groups is 1. The highest BCUT2D eigenvalue weighted by Crippen LogP contribution is 2.13. The Bertz CT molecular complexity index is 382. The molecule has 92 valence electrons. The third kappa shape index (κ3) is 3.63. The normalized spacial score (nSPS) is 9.82. The molecule has 0 atom stereocenters. The summed E-state index contributed by atoms with van der Waals surface area (Å²) in [5.41, 5.74) is 2.29. The number of anilines is 1. The topological polar surface area (TPSA) is 23.6 Å². The lowest BCUT2D eigenvalue weighted by molar-refractivity contribution is -0.126. The van der Waals surface area contributed by atoms with Crippen LogP contribution in [0.15, 0.2) is 36.9 Å². The van der Waals surface area contributed by atoms with Gasteiger partial charge in [-0.3, -0.25) is 4.79 Å². The Morgan fingerprint density at radius 1 is 1.29 bits per heavy atom. The number of hydrogen-bond donors (Lipinski definition) is 0. The van der Waals surface area contributed by atoms with Gasteiger partial charge in [0.2, 0.25) is 5.91 Å². The third-order valence-electron chi connectivity index (χ3n) is 2.69. The van der Waals surface area contributed by atoms with Crippen LogP contribution in [-0.4, -0.2) is 31.4 Å². The van der Waals surface area contributed by atoms with Crippen LogP contribution < -0.4 is 4.90 Å². The van der Waals surface area contributed by atoms with Crippen LogP contribution >= 0.6 is 0 Å². The van der Waals surface area contributed by atoms with Gasteiger partial charge >= 0.3 is 0 Å². The molecule has 0 spiro atoms. The summed E-state index contributed by atoms with van der Waals surface area (Å²) in [6.45, 7) is 6.81. The Morgan fingerprint density at radius 3 is 2.29 bits per heavy atom. The summed E-state index contributed by atoms with van der Waals surface area (Å²) in [6.07, 6.45) is 1.36. The van der Waals surface area contributed by atoms with E-state index in [-0.39, 0.29) is 5.91 Å². The second-order valence-corrected chi connectivity index (χ2v) is 4.12. The second-order valence-electron chi connectivity index (χ2n) is 4.12. The molecule has 0 radical (unpaired) electrons. The molecule has 0 unspecified atom stereocenters. The molecule has 0 fully saturated rings. The van der Waals surface area contributed by atoms with Crippen molar-refractivity contribution in [1.82, 2.24) is 4.90 Å². The Hall–Kier alpha value is -1.77. The summed E-state index contributed by atoms with van der Waals surface area (Å²) in [7, 11) is 4.02. The summed E-state index contributed by atoms with van der Waals surface area (Å²) in [5, 5.41) is 0. The Kier molecular flexibility index (Phi) is 4.76. The van der Waals surface area contributed by atoms with Crippen LogP contribution in [0.4, 0.5) is 5.69 Å². The Balaban J connectivity index is 2.73. The number of benzene rings is 1. The van der Waals surface area contributed by atoms with E-state index >= 15 is 0 Å². The maximum atomic E-state index is 11.5. The lowest BCUT2D eigenvalue weighted by Crippen LogP contribution is -2.28. The van der Waals surface area contributed by atoms with Gasteiger partial charge in [0.1, 0.15) is 0 Å². The molecular formula is C14H20N2O. The predicted octanol–water partition coefficient (Wildman–Crippen LogP) is 2.29. The average molecular weight is 232 g/mol. The minimum absolute atomic E-state index is 0.0239. The summed E-state index contributed by atoms with van der Waals surface area (Å²) >= 11 is 0. The molecule has 17 heavy (non-hydrogen) atoms. The van der Waals surface area contributed by atoms with E-state index in [0.29, 0.717) is 13.1 Å². The van der Waals surface area contributed by atoms with E-state index in [1.807, 2.05) is 33.2 Å². The molecule has 0 aliphatic carbocycles. The zero-order valence-electron chi connectivity index (χ0n) is 10.8. The van der Waals surface area contributed by atoms with Crippen molar-refractivity contribution in [2.75, 3.05) is 25.5 Å². The van der Waals surface area contributed by atoms with E-state index in [9.17, 15) is 4.79 Å². The minimum atomic E-state index is -0.0239. The van der Waals surface area contributed by atoms with Crippen LogP contribution in [0.25, 0.3) is 0 Å². The van der Waals surface area contributed by atoms with Gasteiger partial charge in [-0.15, -0.1) is 0 Å². The number of carbonyl (C=O) groups excluding carboxylic acids is 1. The number of nitrogens with zero attached hydrogens (tertiary/aromatic N) is 2. The second kappa shape index (κ2) is 6.09. The molecule has 1 aromatic rings. The van der Waals surface area contributed by atoms with Gasteiger partial charge < -0.3 is 9.80 Å². The van der Waals surface area contributed by atoms with Crippen molar-refractivity contribution < 1.29 is 4.79 Å². The fourth-order valence-electron chi connectivity index (χ4n) is 1.59. The van der Waals surface area contributed by atoms with Crippen molar-refractivity contribution >= 4 is 11.6 Å². The maximum absolute atomic E-state index is 11.5. The van der Waals surface area contributed by atoms with Gasteiger partial charge in [0, 0.05) is 32.9 Å². The highest BCUT2D eigenvalue weighted by Gasteiger charge is 2.08. The van der Waals surface area contributed by atoms with Crippen molar-refractivity contribution in [3.8, 4) is 0 Å². The molecule has 3 heteroatoms. The molecule has 0 aliphatic rings. The third-order valence-corrected chi connectivity index (χ3v) is 2.69. The van der Waals surface area contributed by atoms with Gasteiger partial charge in [0.05, 0.1) is 0 Å². The van der Waals surface area contributed by atoms with Crippen molar-refractivity contribution in [2.45, 2.75) is 13.5 Å². The molecule has 1 rings (SSSR count). The molecule has 0 heterocycles. The number of amides is 1. The highest BCUT2D eigenvalue weighted by atomic mass is 16.2. The molecule has 1 aromatic carbocycles. The van der Waals surface area contributed by atoms with Gasteiger partial charge in [-0.25, -0.2) is 0 Å². The van der Waals surface area contributed by atoms with Crippen LogP contribution in [-0.2, 0) is 11.3 Å². The first kappa shape index (κ1) is 13.3. The van der Waals surface area contributed by atoms with Crippen molar-refractivity contribution in [3.05, 3.63) is 42.5 Å². The molecule has 1 amide bonds. The first-order valence-corrected chi connectivity index (χ1v) is 5.76. The van der Waals surface area contributed by atoms with Crippen LogP contribution in [0.3, 0.4) is 0 Å². The van der Waals surface area contributed by atoms with Crippen LogP contribution in [0.1, 0.15) is 12.5 Å². The molecular weight excluding hydrogens is 212 g/mol. The fraction of sp³-hybridized carbons (Fsp3) is 0.357. The highest BCUT2D eigenvalue weighted by molar-refractivity contribution is 5.86. The molecule has 0 N–H and O–H groups in total. The largest absolute Gasteiger partial charge is 0.378 e. The van der Waals surface area contributed by atoms with E-state index in [4.69, 9.17) is 0 Å². The zero-order chi connectivity index (χ0) is 12.8. The number of likely N-dealkylation sites (N-methyl/N-ethyl adjacent to an activating group) is 1. The standard InChI is InChI=1S/C14H20N2O/c1-5-14(17)16(6-2)11-12-7-9-13(10-8-12)15(3)4/h5,7-10H,1,6,11H2,2-4H3. The fourth-order valence-corrected chi connectivity index (χ4v) is 1.59. The van der Waals surface area contributed by atoms with Crippen molar-refractivity contribution in [3.63, 3.8) is 0 Å². The molecule has 0 aliphatic heterocycles. The van der Waals surface area contributed by atoms with E-state index in [2.05, 4.69) is 23.6 Å². The summed E-state index contributed by atoms with van der Waals surface area (Å²) in [6, 6.07) is 8.21. The van der Waals surface area contributed by atoms with Gasteiger partial charge in [0.15, 0.2) is 0 Å². The van der Waals surface area contributed by atoms with Crippen LogP contribution in [0, 0.1) is 0 Å². The van der Waals surface area contributed by atoms with Gasteiger partial charge in [0.25, 0.3) is 0 Å². The van der Waals surface area contributed by atoms with Gasteiger partial charge in [-0.05, 0) is 30.7 Å². The number of rotatable bonds is 5. The Morgan fingerprint density at radius 2 is 1.88 bits per heavy atom. The van der Waals surface area contributed by atoms with Crippen LogP contribution in [0.2, 0.25) is 0 Å². The van der Waals surface area contributed by atoms with Gasteiger partial charge in [-0.1, -0.05) is 18.7 Å². The first-order chi connectivity index (χ1) is 8.08. The van der Waals surface area contributed by atoms with E-state index in [0.717, 1.165) is 11.3 Å². The first-order valence-electron chi connectivity index (χ1n) is 5.76. The van der Waals surface area contributed by atoms with Crippen LogP contribution in [0.5, 0.6) is 0 Å². The van der Waals surface area contributed by atoms with Crippen molar-refractivity contribution in [1.29, 1.82) is 0 Å². The lowest BCUT2D eigenvalue weighted by Gasteiger charge is -2.20. The quantitative estimate of drug-likeness (QED) is 0.727. The van der Waals surface area contributed by atoms with Gasteiger partial charge in [-0.2, -0.15) is 0 Å². The summed E-state index contributed by atoms with van der Waals surface area (Å²) in [4.78, 5) is 15.3. The lowest BCUT2D eigenvalue weighted by atomic mass is 10.2. The predicted molar refractivity (Wildman–Crippen MR) is 72.1 cm³/mol. The van der Waals surface area contributed by atoms with E-state index in [1.165, 1.54) is 6.08 Å². The summed E-state index contributed by atoms with van der Waals surface area (Å²) < 4.78 is 0. The maximum Gasteiger partial charge on any atom is 0.246 e. The molecule has 3 nitrogen and oxygen atoms in total. The monoisotopic (exact) mass is 232 g/mol. The minimum Gasteiger partial charge on any atom is -0.378 e. The average Bonchev–Trinajstić information content (AvgIpc) is 2.35. The number of hydrogen-bond acceptors (Lipinski definition) is 2. The van der Waals surface area contributed by atoms with E-state index in [1.54, 1.807) is 4.90 Å². The molecule has 0 bridgehead atoms. The summed E-state index contributed by atoms with van der Waals surface area (Å²) in [5.74, 6) is -0.0239. The van der Waals surface area contributed by atoms with Crippen molar-refractivity contribution in [2.24, 2.45) is 0 Å². The smallest absolute Gasteiger partial charge is 0.246 e. The Labute approximate surface area is 103 Å².